The van der Waals surface area contributed by atoms with Crippen molar-refractivity contribution in [3.63, 3.8) is 0 Å². The first-order chi connectivity index (χ1) is 6.74. The maximum absolute atomic E-state index is 11.3. The molecule has 3 heteroatoms. The van der Waals surface area contributed by atoms with E-state index in [9.17, 15) is 4.79 Å². The Bertz CT molecular complexity index is 196. The lowest BCUT2D eigenvalue weighted by Crippen LogP contribution is -2.33. The summed E-state index contributed by atoms with van der Waals surface area (Å²) in [6, 6.07) is -0.137. The van der Waals surface area contributed by atoms with Crippen molar-refractivity contribution in [2.24, 2.45) is 0 Å². The average molecular weight is 197 g/mol. The molecule has 14 heavy (non-hydrogen) atoms. The quantitative estimate of drug-likeness (QED) is 0.474. The van der Waals surface area contributed by atoms with Crippen LogP contribution >= 0.6 is 0 Å². The molecule has 1 unspecified atom stereocenters. The summed E-state index contributed by atoms with van der Waals surface area (Å²) in [4.78, 5) is 11.3. The second-order valence-corrected chi connectivity index (χ2v) is 3.26. The normalized spacial score (nSPS) is 11.8. The number of hydrogen-bond acceptors (Lipinski definition) is 2. The summed E-state index contributed by atoms with van der Waals surface area (Å²) in [6.07, 6.45) is 8.87. The van der Waals surface area contributed by atoms with Crippen LogP contribution in [-0.2, 0) is 4.79 Å². The highest BCUT2D eigenvalue weighted by molar-refractivity contribution is 5.76. The molecule has 1 atom stereocenters. The minimum absolute atomic E-state index is 0.0187. The van der Waals surface area contributed by atoms with E-state index in [2.05, 4.69) is 11.2 Å². The zero-order valence-corrected chi connectivity index (χ0v) is 8.75. The van der Waals surface area contributed by atoms with Crippen molar-refractivity contribution in [1.29, 1.82) is 0 Å². The van der Waals surface area contributed by atoms with Crippen LogP contribution in [0.3, 0.4) is 0 Å². The SMILES string of the molecule is C#CC(CCC)NC(=O)CCCCO. The first-order valence-electron chi connectivity index (χ1n) is 5.11. The highest BCUT2D eigenvalue weighted by Crippen LogP contribution is 1.98. The van der Waals surface area contributed by atoms with E-state index >= 15 is 0 Å². The summed E-state index contributed by atoms with van der Waals surface area (Å²) in [7, 11) is 0. The Morgan fingerprint density at radius 2 is 2.29 bits per heavy atom. The van der Waals surface area contributed by atoms with E-state index in [1.165, 1.54) is 0 Å². The molecule has 1 amide bonds. The molecule has 0 heterocycles. The van der Waals surface area contributed by atoms with Gasteiger partial charge in [-0.25, -0.2) is 0 Å². The maximum atomic E-state index is 11.3. The monoisotopic (exact) mass is 197 g/mol. The molecule has 0 radical (unpaired) electrons. The van der Waals surface area contributed by atoms with Gasteiger partial charge in [0.05, 0.1) is 6.04 Å². The number of aliphatic hydroxyl groups is 1. The average Bonchev–Trinajstić information content (AvgIpc) is 2.17. The Labute approximate surface area is 85.9 Å². The number of hydrogen-bond donors (Lipinski definition) is 2. The van der Waals surface area contributed by atoms with Crippen LogP contribution in [0.25, 0.3) is 0 Å². The Morgan fingerprint density at radius 1 is 1.57 bits per heavy atom. The Balaban J connectivity index is 3.63. The van der Waals surface area contributed by atoms with E-state index in [0.29, 0.717) is 19.3 Å². The second-order valence-electron chi connectivity index (χ2n) is 3.26. The topological polar surface area (TPSA) is 49.3 Å². The molecule has 0 aromatic carbocycles. The summed E-state index contributed by atoms with van der Waals surface area (Å²) in [6.45, 7) is 2.17. The van der Waals surface area contributed by atoms with Gasteiger partial charge >= 0.3 is 0 Å². The zero-order chi connectivity index (χ0) is 10.8. The van der Waals surface area contributed by atoms with Crippen molar-refractivity contribution >= 4 is 5.91 Å². The fourth-order valence-corrected chi connectivity index (χ4v) is 1.15. The summed E-state index contributed by atoms with van der Waals surface area (Å²) >= 11 is 0. The van der Waals surface area contributed by atoms with Gasteiger partial charge in [0.1, 0.15) is 0 Å². The van der Waals surface area contributed by atoms with Crippen LogP contribution in [0.5, 0.6) is 0 Å². The van der Waals surface area contributed by atoms with E-state index in [4.69, 9.17) is 11.5 Å². The first-order valence-corrected chi connectivity index (χ1v) is 5.11. The number of rotatable bonds is 7. The molecular formula is C11H19NO2. The fraction of sp³-hybridized carbons (Fsp3) is 0.727. The number of carbonyl (C=O) groups excluding carboxylic acids is 1. The number of aliphatic hydroxyl groups excluding tert-OH is 1. The molecule has 2 N–H and O–H groups in total. The summed E-state index contributed by atoms with van der Waals surface area (Å²) in [5, 5.41) is 11.3. The summed E-state index contributed by atoms with van der Waals surface area (Å²) in [5.74, 6) is 2.52. The van der Waals surface area contributed by atoms with Crippen molar-refractivity contribution in [1.82, 2.24) is 5.32 Å². The third-order valence-electron chi connectivity index (χ3n) is 1.93. The van der Waals surface area contributed by atoms with Crippen molar-refractivity contribution < 1.29 is 9.90 Å². The van der Waals surface area contributed by atoms with Crippen LogP contribution < -0.4 is 5.32 Å². The van der Waals surface area contributed by atoms with Crippen LogP contribution in [0.4, 0.5) is 0 Å². The molecule has 0 aromatic rings. The molecule has 0 spiro atoms. The highest BCUT2D eigenvalue weighted by Gasteiger charge is 2.07. The lowest BCUT2D eigenvalue weighted by Gasteiger charge is -2.11. The molecule has 0 bridgehead atoms. The molecule has 0 saturated carbocycles. The molecular weight excluding hydrogens is 178 g/mol. The molecule has 0 aliphatic carbocycles. The predicted molar refractivity (Wildman–Crippen MR) is 56.6 cm³/mol. The lowest BCUT2D eigenvalue weighted by atomic mass is 10.1. The smallest absolute Gasteiger partial charge is 0.220 e. The van der Waals surface area contributed by atoms with Crippen LogP contribution in [0.15, 0.2) is 0 Å². The van der Waals surface area contributed by atoms with Gasteiger partial charge in [0.15, 0.2) is 0 Å². The zero-order valence-electron chi connectivity index (χ0n) is 8.75. The van der Waals surface area contributed by atoms with Gasteiger partial charge < -0.3 is 10.4 Å². The molecule has 3 nitrogen and oxygen atoms in total. The number of amides is 1. The minimum atomic E-state index is -0.137. The molecule has 0 rings (SSSR count). The van der Waals surface area contributed by atoms with Gasteiger partial charge in [-0.15, -0.1) is 6.42 Å². The van der Waals surface area contributed by atoms with Crippen LogP contribution in [0.2, 0.25) is 0 Å². The summed E-state index contributed by atoms with van der Waals surface area (Å²) in [5.41, 5.74) is 0. The number of unbranched alkanes of at least 4 members (excludes halogenated alkanes) is 1. The summed E-state index contributed by atoms with van der Waals surface area (Å²) < 4.78 is 0. The number of terminal acetylenes is 1. The third kappa shape index (κ3) is 6.50. The third-order valence-corrected chi connectivity index (χ3v) is 1.93. The van der Waals surface area contributed by atoms with Gasteiger partial charge in [0, 0.05) is 13.0 Å². The molecule has 0 aromatic heterocycles. The molecule has 0 fully saturated rings. The van der Waals surface area contributed by atoms with E-state index in [-0.39, 0.29) is 18.6 Å². The van der Waals surface area contributed by atoms with Crippen molar-refractivity contribution in [3.8, 4) is 12.3 Å². The Morgan fingerprint density at radius 3 is 2.79 bits per heavy atom. The fourth-order valence-electron chi connectivity index (χ4n) is 1.15. The standard InChI is InChI=1S/C11H19NO2/c1-3-7-10(4-2)12-11(14)8-5-6-9-13/h2,10,13H,3,5-9H2,1H3,(H,12,14). The number of carbonyl (C=O) groups is 1. The van der Waals surface area contributed by atoms with Crippen LogP contribution in [0.1, 0.15) is 39.0 Å². The second kappa shape index (κ2) is 8.58. The van der Waals surface area contributed by atoms with E-state index in [0.717, 1.165) is 12.8 Å². The van der Waals surface area contributed by atoms with Crippen molar-refractivity contribution in [2.45, 2.75) is 45.1 Å². The first kappa shape index (κ1) is 13.0. The van der Waals surface area contributed by atoms with Crippen LogP contribution in [-0.4, -0.2) is 23.7 Å². The Kier molecular flexibility index (Phi) is 7.96. The van der Waals surface area contributed by atoms with Gasteiger partial charge in [0.2, 0.25) is 5.91 Å². The van der Waals surface area contributed by atoms with E-state index in [1.54, 1.807) is 0 Å². The molecule has 80 valence electrons. The lowest BCUT2D eigenvalue weighted by molar-refractivity contribution is -0.121. The molecule has 0 saturated heterocycles. The maximum Gasteiger partial charge on any atom is 0.220 e. The Hall–Kier alpha value is -1.01. The number of nitrogens with one attached hydrogen (secondary N) is 1. The minimum Gasteiger partial charge on any atom is -0.396 e. The van der Waals surface area contributed by atoms with Gasteiger partial charge in [0.25, 0.3) is 0 Å². The van der Waals surface area contributed by atoms with Crippen LogP contribution in [0, 0.1) is 12.3 Å². The van der Waals surface area contributed by atoms with Crippen molar-refractivity contribution in [2.75, 3.05) is 6.61 Å². The van der Waals surface area contributed by atoms with Gasteiger partial charge in [-0.05, 0) is 19.3 Å². The van der Waals surface area contributed by atoms with E-state index < -0.39 is 0 Å². The van der Waals surface area contributed by atoms with Gasteiger partial charge in [-0.2, -0.15) is 0 Å². The van der Waals surface area contributed by atoms with Crippen molar-refractivity contribution in [3.05, 3.63) is 0 Å². The van der Waals surface area contributed by atoms with Gasteiger partial charge in [-0.3, -0.25) is 4.79 Å². The largest absolute Gasteiger partial charge is 0.396 e. The van der Waals surface area contributed by atoms with Gasteiger partial charge in [-0.1, -0.05) is 19.3 Å². The van der Waals surface area contributed by atoms with E-state index in [1.807, 2.05) is 6.92 Å². The molecule has 0 aliphatic rings. The molecule has 0 aliphatic heterocycles. The predicted octanol–water partition coefficient (Wildman–Crippen LogP) is 1.07. The highest BCUT2D eigenvalue weighted by atomic mass is 16.2.